The van der Waals surface area contributed by atoms with E-state index in [2.05, 4.69) is 10.6 Å². The van der Waals surface area contributed by atoms with E-state index < -0.39 is 15.9 Å². The van der Waals surface area contributed by atoms with Crippen LogP contribution >= 0.6 is 0 Å². The monoisotopic (exact) mass is 417 g/mol. The molecule has 2 aromatic carbocycles. The summed E-state index contributed by atoms with van der Waals surface area (Å²) in [5.74, 6) is -0.220. The molecule has 0 aliphatic carbocycles. The molecule has 2 aromatic rings. The number of amides is 2. The number of ether oxygens (including phenoxy) is 1. The zero-order chi connectivity index (χ0) is 21.0. The Morgan fingerprint density at radius 1 is 1.03 bits per heavy atom. The molecule has 0 unspecified atom stereocenters. The van der Waals surface area contributed by atoms with Crippen molar-refractivity contribution in [2.75, 3.05) is 36.1 Å². The number of sulfonamides is 1. The molecule has 1 saturated heterocycles. The summed E-state index contributed by atoms with van der Waals surface area (Å²) in [7, 11) is -0.386. The zero-order valence-corrected chi connectivity index (χ0v) is 17.1. The number of hydrogen-bond donors (Lipinski definition) is 2. The van der Waals surface area contributed by atoms with Gasteiger partial charge in [-0.25, -0.2) is 8.42 Å². The number of methoxy groups -OCH3 is 1. The first-order valence-corrected chi connectivity index (χ1v) is 10.8. The van der Waals surface area contributed by atoms with E-state index in [1.807, 2.05) is 0 Å². The average molecular weight is 417 g/mol. The van der Waals surface area contributed by atoms with Gasteiger partial charge in [0, 0.05) is 24.7 Å². The van der Waals surface area contributed by atoms with Gasteiger partial charge in [0.25, 0.3) is 11.8 Å². The van der Waals surface area contributed by atoms with Crippen LogP contribution in [-0.4, -0.2) is 46.7 Å². The normalized spacial score (nSPS) is 15.4. The van der Waals surface area contributed by atoms with E-state index in [4.69, 9.17) is 4.74 Å². The van der Waals surface area contributed by atoms with Crippen molar-refractivity contribution in [3.63, 3.8) is 0 Å². The molecule has 3 rings (SSSR count). The van der Waals surface area contributed by atoms with Crippen LogP contribution in [0, 0.1) is 0 Å². The largest absolute Gasteiger partial charge is 0.495 e. The Kier molecular flexibility index (Phi) is 6.07. The van der Waals surface area contributed by atoms with Crippen molar-refractivity contribution >= 4 is 33.2 Å². The van der Waals surface area contributed by atoms with Crippen molar-refractivity contribution in [1.82, 2.24) is 5.32 Å². The van der Waals surface area contributed by atoms with Crippen molar-refractivity contribution in [2.24, 2.45) is 0 Å². The number of anilines is 2. The van der Waals surface area contributed by atoms with Crippen molar-refractivity contribution in [2.45, 2.75) is 12.8 Å². The van der Waals surface area contributed by atoms with Crippen molar-refractivity contribution in [3.8, 4) is 5.75 Å². The summed E-state index contributed by atoms with van der Waals surface area (Å²) in [5, 5.41) is 5.26. The Balaban J connectivity index is 1.87. The smallest absolute Gasteiger partial charge is 0.255 e. The molecule has 8 nitrogen and oxygen atoms in total. The highest BCUT2D eigenvalue weighted by atomic mass is 32.2. The maximum absolute atomic E-state index is 12.8. The average Bonchev–Trinajstić information content (AvgIpc) is 2.72. The minimum absolute atomic E-state index is 0.104. The van der Waals surface area contributed by atoms with Gasteiger partial charge in [0.05, 0.1) is 24.2 Å². The predicted octanol–water partition coefficient (Wildman–Crippen LogP) is 2.24. The summed E-state index contributed by atoms with van der Waals surface area (Å²) in [5.41, 5.74) is 1.48. The maximum atomic E-state index is 12.8. The molecule has 29 heavy (non-hydrogen) atoms. The molecule has 2 amide bonds. The first-order valence-electron chi connectivity index (χ1n) is 9.17. The van der Waals surface area contributed by atoms with Gasteiger partial charge < -0.3 is 15.4 Å². The third kappa shape index (κ3) is 4.51. The second-order valence-electron chi connectivity index (χ2n) is 6.59. The van der Waals surface area contributed by atoms with Crippen LogP contribution in [0.3, 0.4) is 0 Å². The van der Waals surface area contributed by atoms with E-state index in [1.165, 1.54) is 24.5 Å². The molecular weight excluding hydrogens is 394 g/mol. The summed E-state index contributed by atoms with van der Waals surface area (Å²) < 4.78 is 31.3. The molecule has 2 N–H and O–H groups in total. The van der Waals surface area contributed by atoms with Crippen LogP contribution < -0.4 is 19.7 Å². The van der Waals surface area contributed by atoms with Crippen molar-refractivity contribution in [1.29, 1.82) is 0 Å². The number of benzene rings is 2. The fourth-order valence-electron chi connectivity index (χ4n) is 3.17. The lowest BCUT2D eigenvalue weighted by atomic mass is 10.1. The Bertz CT molecular complexity index is 1040. The zero-order valence-electron chi connectivity index (χ0n) is 16.3. The summed E-state index contributed by atoms with van der Waals surface area (Å²) >= 11 is 0. The number of hydrogen-bond acceptors (Lipinski definition) is 5. The van der Waals surface area contributed by atoms with E-state index in [9.17, 15) is 18.0 Å². The van der Waals surface area contributed by atoms with E-state index in [0.717, 1.165) is 6.42 Å². The molecule has 0 saturated carbocycles. The van der Waals surface area contributed by atoms with Gasteiger partial charge in [-0.1, -0.05) is 6.07 Å². The predicted molar refractivity (Wildman–Crippen MR) is 111 cm³/mol. The SMILES string of the molecule is CNC(=O)c1ccc(OC)c(NC(=O)c2cccc(N3CCCCS3(=O)=O)c2)c1. The molecule has 0 atom stereocenters. The Hall–Kier alpha value is -3.07. The Morgan fingerprint density at radius 3 is 2.48 bits per heavy atom. The van der Waals surface area contributed by atoms with Gasteiger partial charge >= 0.3 is 0 Å². The second-order valence-corrected chi connectivity index (χ2v) is 8.61. The first-order chi connectivity index (χ1) is 13.9. The number of nitrogens with one attached hydrogen (secondary N) is 2. The standard InChI is InChI=1S/C20H23N3O5S/c1-21-19(24)15-8-9-18(28-2)17(13-15)22-20(25)14-6-5-7-16(12-14)23-10-3-4-11-29(23,26)27/h5-9,12-13H,3-4,10-11H2,1-2H3,(H,21,24)(H,22,25). The second kappa shape index (κ2) is 8.52. The summed E-state index contributed by atoms with van der Waals surface area (Å²) in [4.78, 5) is 24.7. The van der Waals surface area contributed by atoms with Crippen LogP contribution in [0.15, 0.2) is 42.5 Å². The van der Waals surface area contributed by atoms with Gasteiger partial charge in [-0.05, 0) is 49.2 Å². The lowest BCUT2D eigenvalue weighted by Gasteiger charge is -2.28. The molecule has 1 aliphatic rings. The molecule has 1 heterocycles. The minimum atomic E-state index is -3.37. The molecule has 0 radical (unpaired) electrons. The Labute approximate surface area is 169 Å². The summed E-state index contributed by atoms with van der Waals surface area (Å²) in [6.07, 6.45) is 1.42. The van der Waals surface area contributed by atoms with Crippen LogP contribution in [0.25, 0.3) is 0 Å². The van der Waals surface area contributed by atoms with Gasteiger partial charge in [0.15, 0.2) is 0 Å². The van der Waals surface area contributed by atoms with Crippen LogP contribution in [-0.2, 0) is 10.0 Å². The van der Waals surface area contributed by atoms with Crippen LogP contribution in [0.2, 0.25) is 0 Å². The lowest BCUT2D eigenvalue weighted by Crippen LogP contribution is -2.37. The van der Waals surface area contributed by atoms with Crippen LogP contribution in [0.1, 0.15) is 33.6 Å². The Morgan fingerprint density at radius 2 is 1.79 bits per heavy atom. The van der Waals surface area contributed by atoms with Gasteiger partial charge in [0.1, 0.15) is 5.75 Å². The number of carbonyl (C=O) groups excluding carboxylic acids is 2. The highest BCUT2D eigenvalue weighted by Crippen LogP contribution is 2.28. The van der Waals surface area contributed by atoms with Crippen molar-refractivity contribution in [3.05, 3.63) is 53.6 Å². The summed E-state index contributed by atoms with van der Waals surface area (Å²) in [6, 6.07) is 11.2. The fourth-order valence-corrected chi connectivity index (χ4v) is 4.80. The lowest BCUT2D eigenvalue weighted by molar-refractivity contribution is 0.0961. The van der Waals surface area contributed by atoms with Crippen LogP contribution in [0.5, 0.6) is 5.75 Å². The maximum Gasteiger partial charge on any atom is 0.255 e. The quantitative estimate of drug-likeness (QED) is 0.776. The van der Waals surface area contributed by atoms with Gasteiger partial charge in [-0.15, -0.1) is 0 Å². The fraction of sp³-hybridized carbons (Fsp3) is 0.300. The van der Waals surface area contributed by atoms with Crippen LogP contribution in [0.4, 0.5) is 11.4 Å². The van der Waals surface area contributed by atoms with Crippen molar-refractivity contribution < 1.29 is 22.7 Å². The minimum Gasteiger partial charge on any atom is -0.495 e. The molecule has 154 valence electrons. The molecule has 1 fully saturated rings. The number of carbonyl (C=O) groups is 2. The molecule has 0 spiro atoms. The van der Waals surface area contributed by atoms with Gasteiger partial charge in [-0.3, -0.25) is 13.9 Å². The van der Waals surface area contributed by atoms with E-state index in [0.29, 0.717) is 41.2 Å². The highest BCUT2D eigenvalue weighted by molar-refractivity contribution is 7.92. The van der Waals surface area contributed by atoms with E-state index >= 15 is 0 Å². The third-order valence-corrected chi connectivity index (χ3v) is 6.55. The number of rotatable bonds is 5. The molecule has 0 aromatic heterocycles. The molecular formula is C20H23N3O5S. The first kappa shape index (κ1) is 20.7. The number of nitrogens with zero attached hydrogens (tertiary/aromatic N) is 1. The molecule has 9 heteroatoms. The summed E-state index contributed by atoms with van der Waals surface area (Å²) in [6.45, 7) is 0.398. The topological polar surface area (TPSA) is 105 Å². The van der Waals surface area contributed by atoms with E-state index in [-0.39, 0.29) is 11.7 Å². The van der Waals surface area contributed by atoms with Gasteiger partial charge in [0.2, 0.25) is 10.0 Å². The molecule has 0 bridgehead atoms. The highest BCUT2D eigenvalue weighted by Gasteiger charge is 2.26. The van der Waals surface area contributed by atoms with E-state index in [1.54, 1.807) is 36.4 Å². The van der Waals surface area contributed by atoms with Gasteiger partial charge in [-0.2, -0.15) is 0 Å². The third-order valence-electron chi connectivity index (χ3n) is 4.68. The molecule has 1 aliphatic heterocycles.